The van der Waals surface area contributed by atoms with Gasteiger partial charge in [-0.1, -0.05) is 30.4 Å². The van der Waals surface area contributed by atoms with Crippen LogP contribution in [0.5, 0.6) is 0 Å². The molecule has 1 aromatic carbocycles. The molecule has 0 aliphatic heterocycles. The summed E-state index contributed by atoms with van der Waals surface area (Å²) in [6, 6.07) is 10.5. The second-order valence-electron chi connectivity index (χ2n) is 2.88. The van der Waals surface area contributed by atoms with Gasteiger partial charge in [0.1, 0.15) is 0 Å². The van der Waals surface area contributed by atoms with Crippen LogP contribution in [-0.2, 0) is 6.54 Å². The zero-order valence-electron chi connectivity index (χ0n) is 7.51. The van der Waals surface area contributed by atoms with Crippen LogP contribution in [-0.4, -0.2) is 11.6 Å². The second-order valence-corrected chi connectivity index (χ2v) is 4.32. The lowest BCUT2D eigenvalue weighted by molar-refractivity contribution is 1.12. The van der Waals surface area contributed by atoms with Gasteiger partial charge >= 0.3 is 0 Å². The fraction of sp³-hybridized carbons (Fsp3) is 0.0909. The third-order valence-electron chi connectivity index (χ3n) is 1.89. The van der Waals surface area contributed by atoms with Gasteiger partial charge in [-0.2, -0.15) is 0 Å². The van der Waals surface area contributed by atoms with Crippen molar-refractivity contribution >= 4 is 45.2 Å². The van der Waals surface area contributed by atoms with E-state index in [2.05, 4.69) is 47.5 Å². The first-order valence-corrected chi connectivity index (χ1v) is 5.60. The molecule has 0 atom stereocenters. The molecule has 0 N–H and O–H groups in total. The molecular weight excluding hydrogens is 210 g/mol. The Labute approximate surface area is 92.1 Å². The van der Waals surface area contributed by atoms with Crippen molar-refractivity contribution in [2.24, 2.45) is 4.99 Å². The summed E-state index contributed by atoms with van der Waals surface area (Å²) >= 11 is 6.45. The molecule has 14 heavy (non-hydrogen) atoms. The highest BCUT2D eigenvalue weighted by atomic mass is 32.1. The maximum Gasteiger partial charge on any atom is 0.0733 e. The van der Waals surface area contributed by atoms with Gasteiger partial charge in [0.05, 0.1) is 6.54 Å². The third-order valence-corrected chi connectivity index (χ3v) is 3.11. The summed E-state index contributed by atoms with van der Waals surface area (Å²) in [6.45, 7) is 0.729. The van der Waals surface area contributed by atoms with Crippen LogP contribution in [0.4, 0.5) is 0 Å². The largest absolute Gasteiger partial charge is 0.287 e. The Kier molecular flexibility index (Phi) is 3.01. The lowest BCUT2D eigenvalue weighted by Crippen LogP contribution is -1.75. The highest BCUT2D eigenvalue weighted by Gasteiger charge is 1.98. The first-order valence-electron chi connectivity index (χ1n) is 4.31. The normalized spacial score (nSPS) is 11.1. The minimum absolute atomic E-state index is 0.729. The Hall–Kier alpha value is -1.06. The van der Waals surface area contributed by atoms with Crippen LogP contribution < -0.4 is 0 Å². The summed E-state index contributed by atoms with van der Waals surface area (Å²) in [5.74, 6) is 0. The Morgan fingerprint density at radius 3 is 3.00 bits per heavy atom. The van der Waals surface area contributed by atoms with Crippen molar-refractivity contribution in [3.05, 3.63) is 35.2 Å². The molecule has 0 unspecified atom stereocenters. The van der Waals surface area contributed by atoms with Gasteiger partial charge in [0.2, 0.25) is 0 Å². The van der Waals surface area contributed by atoms with E-state index in [1.54, 1.807) is 17.6 Å². The molecule has 3 heteroatoms. The Bertz CT molecular complexity index is 438. The second kappa shape index (κ2) is 4.44. The average Bonchev–Trinajstić information content (AvgIpc) is 2.60. The summed E-state index contributed by atoms with van der Waals surface area (Å²) in [7, 11) is 0. The number of aliphatic imine (C=N–C) groups is 1. The van der Waals surface area contributed by atoms with E-state index >= 15 is 0 Å². The van der Waals surface area contributed by atoms with Gasteiger partial charge in [-0.25, -0.2) is 0 Å². The van der Waals surface area contributed by atoms with Crippen molar-refractivity contribution in [3.63, 3.8) is 0 Å². The zero-order chi connectivity index (χ0) is 9.80. The van der Waals surface area contributed by atoms with Gasteiger partial charge in [0.15, 0.2) is 0 Å². The molecule has 2 aromatic rings. The van der Waals surface area contributed by atoms with Crippen molar-refractivity contribution < 1.29 is 0 Å². The number of thiocarbonyl (C=S) groups is 1. The van der Waals surface area contributed by atoms with Crippen LogP contribution >= 0.6 is 23.6 Å². The van der Waals surface area contributed by atoms with Crippen molar-refractivity contribution in [1.82, 2.24) is 0 Å². The SMILES string of the molecule is S=CC=NCc1cc2ccccc2s1. The average molecular weight is 219 g/mol. The molecular formula is C11H9NS2. The highest BCUT2D eigenvalue weighted by molar-refractivity contribution is 7.80. The summed E-state index contributed by atoms with van der Waals surface area (Å²) < 4.78 is 1.32. The van der Waals surface area contributed by atoms with Gasteiger partial charge in [-0.05, 0) is 17.5 Å². The monoisotopic (exact) mass is 219 g/mol. The van der Waals surface area contributed by atoms with Crippen LogP contribution in [0.25, 0.3) is 10.1 Å². The molecule has 1 heterocycles. The minimum Gasteiger partial charge on any atom is -0.287 e. The number of rotatable bonds is 3. The van der Waals surface area contributed by atoms with E-state index in [0.29, 0.717) is 0 Å². The fourth-order valence-corrected chi connectivity index (χ4v) is 2.39. The van der Waals surface area contributed by atoms with Crippen LogP contribution in [0.15, 0.2) is 35.3 Å². The molecule has 0 aliphatic rings. The molecule has 2 rings (SSSR count). The predicted molar refractivity (Wildman–Crippen MR) is 67.7 cm³/mol. The van der Waals surface area contributed by atoms with E-state index < -0.39 is 0 Å². The lowest BCUT2D eigenvalue weighted by atomic mass is 10.2. The molecule has 1 aromatic heterocycles. The molecule has 0 bridgehead atoms. The maximum absolute atomic E-state index is 4.66. The summed E-state index contributed by atoms with van der Waals surface area (Å²) in [6.07, 6.45) is 1.67. The summed E-state index contributed by atoms with van der Waals surface area (Å²) in [5, 5.41) is 2.83. The van der Waals surface area contributed by atoms with Crippen molar-refractivity contribution in [3.8, 4) is 0 Å². The molecule has 1 nitrogen and oxygen atoms in total. The first-order chi connectivity index (χ1) is 6.90. The number of hydrogen-bond donors (Lipinski definition) is 0. The molecule has 0 amide bonds. The van der Waals surface area contributed by atoms with E-state index in [0.717, 1.165) is 6.54 Å². The summed E-state index contributed by atoms with van der Waals surface area (Å²) in [5.41, 5.74) is 0. The van der Waals surface area contributed by atoms with Crippen molar-refractivity contribution in [2.75, 3.05) is 0 Å². The van der Waals surface area contributed by atoms with Crippen LogP contribution in [0.1, 0.15) is 4.88 Å². The first kappa shape index (κ1) is 9.49. The van der Waals surface area contributed by atoms with Crippen molar-refractivity contribution in [1.29, 1.82) is 0 Å². The molecule has 0 saturated heterocycles. The van der Waals surface area contributed by atoms with Crippen LogP contribution in [0, 0.1) is 0 Å². The van der Waals surface area contributed by atoms with E-state index in [4.69, 9.17) is 0 Å². The van der Waals surface area contributed by atoms with E-state index in [1.165, 1.54) is 20.3 Å². The number of nitrogens with zero attached hydrogens (tertiary/aromatic N) is 1. The van der Waals surface area contributed by atoms with E-state index in [9.17, 15) is 0 Å². The molecule has 0 saturated carbocycles. The Morgan fingerprint density at radius 1 is 1.36 bits per heavy atom. The van der Waals surface area contributed by atoms with Gasteiger partial charge in [-0.15, -0.1) is 11.3 Å². The molecule has 0 spiro atoms. The fourth-order valence-electron chi connectivity index (χ4n) is 1.30. The summed E-state index contributed by atoms with van der Waals surface area (Å²) in [4.78, 5) is 5.46. The Morgan fingerprint density at radius 2 is 2.21 bits per heavy atom. The van der Waals surface area contributed by atoms with E-state index in [-0.39, 0.29) is 0 Å². The predicted octanol–water partition coefficient (Wildman–Crippen LogP) is 3.47. The minimum atomic E-state index is 0.729. The number of hydrogen-bond acceptors (Lipinski definition) is 3. The number of fused-ring (bicyclic) bond motifs is 1. The number of benzene rings is 1. The van der Waals surface area contributed by atoms with E-state index in [1.807, 2.05) is 0 Å². The van der Waals surface area contributed by atoms with Gasteiger partial charge in [-0.3, -0.25) is 4.99 Å². The standard InChI is InChI=1S/C11H9NS2/c13-6-5-12-8-10-7-9-3-1-2-4-11(9)14-10/h1-7H,8H2. The van der Waals surface area contributed by atoms with Gasteiger partial charge < -0.3 is 0 Å². The van der Waals surface area contributed by atoms with Crippen LogP contribution in [0.2, 0.25) is 0 Å². The highest BCUT2D eigenvalue weighted by Crippen LogP contribution is 2.25. The smallest absolute Gasteiger partial charge is 0.0733 e. The molecule has 0 radical (unpaired) electrons. The van der Waals surface area contributed by atoms with Crippen LogP contribution in [0.3, 0.4) is 0 Å². The lowest BCUT2D eigenvalue weighted by Gasteiger charge is -1.84. The van der Waals surface area contributed by atoms with Crippen molar-refractivity contribution in [2.45, 2.75) is 6.54 Å². The maximum atomic E-state index is 4.66. The quantitative estimate of drug-likeness (QED) is 0.569. The van der Waals surface area contributed by atoms with Gasteiger partial charge in [0, 0.05) is 21.2 Å². The molecule has 0 aliphatic carbocycles. The number of thiophene rings is 1. The van der Waals surface area contributed by atoms with Gasteiger partial charge in [0.25, 0.3) is 0 Å². The zero-order valence-corrected chi connectivity index (χ0v) is 9.15. The third kappa shape index (κ3) is 2.05. The topological polar surface area (TPSA) is 12.4 Å². The Balaban J connectivity index is 2.26. The molecule has 0 fully saturated rings. The molecule has 70 valence electrons.